The Labute approximate surface area is 243 Å². The lowest BCUT2D eigenvalue weighted by Gasteiger charge is -2.49. The topological polar surface area (TPSA) is 130 Å². The van der Waals surface area contributed by atoms with E-state index in [9.17, 15) is 24.6 Å². The number of epoxide rings is 1. The van der Waals surface area contributed by atoms with Crippen molar-refractivity contribution in [3.05, 3.63) is 85.8 Å². The van der Waals surface area contributed by atoms with Crippen LogP contribution in [0, 0.1) is 6.92 Å². The molecule has 2 aromatic carbocycles. The molecule has 0 bridgehead atoms. The summed E-state index contributed by atoms with van der Waals surface area (Å²) < 4.78 is 18.2. The number of nitrogens with zero attached hydrogens (tertiary/aromatic N) is 1. The molecule has 3 heterocycles. The third-order valence-corrected chi connectivity index (χ3v) is 9.49. The molecule has 6 rings (SSSR count). The smallest absolute Gasteiger partial charge is 0.202 e. The molecule has 6 atom stereocenters. The molecule has 1 aromatic heterocycles. The number of ketones is 2. The normalized spacial score (nSPS) is 30.7. The van der Waals surface area contributed by atoms with Crippen molar-refractivity contribution in [3.63, 3.8) is 0 Å². The number of carbonyl (C=O) groups excluding carboxylic acids is 2. The Morgan fingerprint density at radius 2 is 1.76 bits per heavy atom. The number of likely N-dealkylation sites (N-methyl/N-ethyl adjacent to an activating group) is 1. The summed E-state index contributed by atoms with van der Waals surface area (Å²) in [4.78, 5) is 43.3. The molecule has 42 heavy (non-hydrogen) atoms. The second-order valence-electron chi connectivity index (χ2n) is 12.3. The van der Waals surface area contributed by atoms with Crippen molar-refractivity contribution in [2.24, 2.45) is 0 Å². The second-order valence-corrected chi connectivity index (χ2v) is 12.3. The Morgan fingerprint density at radius 3 is 2.43 bits per heavy atom. The molecule has 220 valence electrons. The Bertz CT molecular complexity index is 1770. The Kier molecular flexibility index (Phi) is 6.40. The van der Waals surface area contributed by atoms with Crippen LogP contribution < -0.4 is 5.43 Å². The van der Waals surface area contributed by atoms with E-state index in [1.165, 1.54) is 18.2 Å². The number of phenols is 1. The van der Waals surface area contributed by atoms with Gasteiger partial charge in [-0.2, -0.15) is 0 Å². The standard InChI is InChI=1S/C33H35NO8/c1-8-9-22-33(5,42-22)23-13-20(35)24-15(2)12-19-26(30(24)41-23)29(38)25-18(27(19)36)11-10-17(28(25)37)21-14-32(4,34(6)7)31(39)16(3)40-21/h8-13,16,21-22,31,37,39H,14H2,1-7H3/b9-8+/t16-,21+,22?,31+,32-,33?/m0/s1. The van der Waals surface area contributed by atoms with Gasteiger partial charge in [-0.1, -0.05) is 18.2 Å². The summed E-state index contributed by atoms with van der Waals surface area (Å²) in [7, 11) is 3.74. The number of benzene rings is 2. The SMILES string of the molecule is C/C=C/C1OC1(C)c1cc(=O)c2c(C)cc3c(c2o1)C(=O)c1c(ccc([C@H]2C[C@](C)(N(C)C)[C@H](O)[C@H](C)O2)c1O)C3=O. The molecule has 0 radical (unpaired) electrons. The van der Waals surface area contributed by atoms with Crippen LogP contribution in [0.25, 0.3) is 11.0 Å². The number of aliphatic hydroxyl groups is 1. The van der Waals surface area contributed by atoms with E-state index in [1.54, 1.807) is 26.8 Å². The van der Waals surface area contributed by atoms with Crippen molar-refractivity contribution in [2.45, 2.75) is 76.6 Å². The minimum absolute atomic E-state index is 0.00287. The van der Waals surface area contributed by atoms with Crippen LogP contribution in [-0.2, 0) is 15.1 Å². The van der Waals surface area contributed by atoms with Crippen LogP contribution >= 0.6 is 0 Å². The fourth-order valence-corrected chi connectivity index (χ4v) is 6.57. The molecule has 9 heteroatoms. The van der Waals surface area contributed by atoms with Gasteiger partial charge in [0.2, 0.25) is 5.78 Å². The molecule has 1 aliphatic carbocycles. The minimum atomic E-state index is -0.885. The molecular formula is C33H35NO8. The maximum absolute atomic E-state index is 14.2. The van der Waals surface area contributed by atoms with Crippen LogP contribution in [0.1, 0.15) is 88.9 Å². The first-order valence-corrected chi connectivity index (χ1v) is 14.1. The molecule has 2 saturated heterocycles. The number of aryl methyl sites for hydroxylation is 1. The van der Waals surface area contributed by atoms with Crippen molar-refractivity contribution in [1.82, 2.24) is 4.90 Å². The Balaban J connectivity index is 1.52. The Morgan fingerprint density at radius 1 is 1.05 bits per heavy atom. The molecule has 2 fully saturated rings. The highest BCUT2D eigenvalue weighted by atomic mass is 16.6. The number of carbonyl (C=O) groups is 2. The van der Waals surface area contributed by atoms with E-state index < -0.39 is 41.0 Å². The van der Waals surface area contributed by atoms with Gasteiger partial charge >= 0.3 is 0 Å². The number of hydrogen-bond donors (Lipinski definition) is 2. The Hall–Kier alpha value is -3.63. The van der Waals surface area contributed by atoms with Gasteiger partial charge in [0.25, 0.3) is 0 Å². The monoisotopic (exact) mass is 573 g/mol. The lowest BCUT2D eigenvalue weighted by atomic mass is 9.77. The average Bonchev–Trinajstić information content (AvgIpc) is 3.59. The molecule has 0 saturated carbocycles. The zero-order valence-electron chi connectivity index (χ0n) is 24.8. The lowest BCUT2D eigenvalue weighted by Crippen LogP contribution is -2.59. The van der Waals surface area contributed by atoms with Gasteiger partial charge in [-0.15, -0.1) is 0 Å². The predicted octanol–water partition coefficient (Wildman–Crippen LogP) is 4.30. The molecule has 2 N–H and O–H groups in total. The van der Waals surface area contributed by atoms with Crippen LogP contribution in [0.5, 0.6) is 5.75 Å². The number of fused-ring (bicyclic) bond motifs is 4. The van der Waals surface area contributed by atoms with Gasteiger partial charge in [-0.25, -0.2) is 0 Å². The summed E-state index contributed by atoms with van der Waals surface area (Å²) in [6.07, 6.45) is 1.76. The number of aliphatic hydroxyl groups excluding tert-OH is 1. The highest BCUT2D eigenvalue weighted by Gasteiger charge is 2.55. The van der Waals surface area contributed by atoms with E-state index in [0.29, 0.717) is 17.5 Å². The van der Waals surface area contributed by atoms with Gasteiger partial charge in [0.15, 0.2) is 16.8 Å². The third kappa shape index (κ3) is 3.87. The number of aromatic hydroxyl groups is 1. The van der Waals surface area contributed by atoms with E-state index in [-0.39, 0.29) is 56.3 Å². The molecule has 2 unspecified atom stereocenters. The van der Waals surface area contributed by atoms with E-state index >= 15 is 0 Å². The maximum Gasteiger partial charge on any atom is 0.202 e. The second kappa shape index (κ2) is 9.44. The quantitative estimate of drug-likeness (QED) is 0.271. The van der Waals surface area contributed by atoms with Gasteiger partial charge in [-0.3, -0.25) is 14.4 Å². The zero-order valence-corrected chi connectivity index (χ0v) is 24.8. The van der Waals surface area contributed by atoms with Crippen LogP contribution in [0.15, 0.2) is 45.6 Å². The predicted molar refractivity (Wildman–Crippen MR) is 155 cm³/mol. The molecule has 0 amide bonds. The summed E-state index contributed by atoms with van der Waals surface area (Å²) in [6.45, 7) is 9.04. The molecule has 3 aromatic rings. The van der Waals surface area contributed by atoms with Gasteiger partial charge in [-0.05, 0) is 72.8 Å². The largest absolute Gasteiger partial charge is 0.507 e. The van der Waals surface area contributed by atoms with Gasteiger partial charge in [0.05, 0.1) is 34.8 Å². The van der Waals surface area contributed by atoms with Gasteiger partial charge in [0, 0.05) is 28.3 Å². The van der Waals surface area contributed by atoms with Gasteiger partial charge < -0.3 is 29.0 Å². The average molecular weight is 574 g/mol. The van der Waals surface area contributed by atoms with E-state index in [2.05, 4.69) is 0 Å². The van der Waals surface area contributed by atoms with E-state index in [1.807, 2.05) is 45.0 Å². The molecule has 0 spiro atoms. The van der Waals surface area contributed by atoms with Crippen LogP contribution in [0.2, 0.25) is 0 Å². The van der Waals surface area contributed by atoms with Crippen molar-refractivity contribution < 1.29 is 33.7 Å². The zero-order chi connectivity index (χ0) is 30.5. The number of hydrogen-bond acceptors (Lipinski definition) is 9. The minimum Gasteiger partial charge on any atom is -0.507 e. The van der Waals surface area contributed by atoms with Crippen LogP contribution in [0.4, 0.5) is 0 Å². The first-order valence-electron chi connectivity index (χ1n) is 14.1. The van der Waals surface area contributed by atoms with E-state index in [4.69, 9.17) is 13.9 Å². The fraction of sp³-hybridized carbons (Fsp3) is 0.424. The number of ether oxygens (including phenoxy) is 2. The first kappa shape index (κ1) is 28.5. The first-order chi connectivity index (χ1) is 19.7. The van der Waals surface area contributed by atoms with Gasteiger partial charge in [0.1, 0.15) is 23.2 Å². The van der Waals surface area contributed by atoms with Crippen molar-refractivity contribution in [3.8, 4) is 5.75 Å². The fourth-order valence-electron chi connectivity index (χ4n) is 6.57. The van der Waals surface area contributed by atoms with Crippen molar-refractivity contribution in [2.75, 3.05) is 14.1 Å². The summed E-state index contributed by atoms with van der Waals surface area (Å²) >= 11 is 0. The summed E-state index contributed by atoms with van der Waals surface area (Å²) in [5.74, 6) is -1.17. The lowest BCUT2D eigenvalue weighted by molar-refractivity contribution is -0.176. The number of allylic oxidation sites excluding steroid dienone is 1. The molecular weight excluding hydrogens is 538 g/mol. The molecule has 9 nitrogen and oxygen atoms in total. The summed E-state index contributed by atoms with van der Waals surface area (Å²) in [5, 5.41) is 22.7. The maximum atomic E-state index is 14.2. The highest BCUT2D eigenvalue weighted by molar-refractivity contribution is 6.32. The third-order valence-electron chi connectivity index (χ3n) is 9.49. The highest BCUT2D eigenvalue weighted by Crippen LogP contribution is 2.49. The van der Waals surface area contributed by atoms with Crippen molar-refractivity contribution in [1.29, 1.82) is 0 Å². The molecule has 2 aliphatic heterocycles. The number of rotatable bonds is 4. The van der Waals surface area contributed by atoms with Crippen LogP contribution in [-0.4, -0.2) is 64.6 Å². The van der Waals surface area contributed by atoms with E-state index in [0.717, 1.165) is 0 Å². The summed E-state index contributed by atoms with van der Waals surface area (Å²) in [5.41, 5.74) is -1.08. The van der Waals surface area contributed by atoms with Crippen molar-refractivity contribution >= 4 is 22.5 Å². The summed E-state index contributed by atoms with van der Waals surface area (Å²) in [6, 6.07) is 6.05. The molecule has 3 aliphatic rings. The number of phenolic OH excluding ortho intramolecular Hbond substituents is 1. The van der Waals surface area contributed by atoms with Crippen LogP contribution in [0.3, 0.4) is 0 Å².